The molecule has 0 aliphatic carbocycles. The zero-order valence-electron chi connectivity index (χ0n) is 17.9. The number of rotatable bonds is 9. The standard InChI is InChI=1S/C26H28N2O4/c29-19-24(18-22-12-6-2-7-13-22)28(25(30)17-16-21-10-4-1-5-11-21)27-26(31)32-20-23-14-8-3-9-15-23/h1-15,24,29H,16-20H2,(H,27,31)/t24-/m0/s1. The van der Waals surface area contributed by atoms with E-state index in [1.165, 1.54) is 5.01 Å². The van der Waals surface area contributed by atoms with E-state index in [0.29, 0.717) is 12.8 Å². The molecule has 0 saturated carbocycles. The molecule has 1 atom stereocenters. The van der Waals surface area contributed by atoms with E-state index in [9.17, 15) is 14.7 Å². The Morgan fingerprint density at radius 3 is 1.91 bits per heavy atom. The van der Waals surface area contributed by atoms with Gasteiger partial charge in [0.2, 0.25) is 5.91 Å². The molecule has 3 rings (SSSR count). The summed E-state index contributed by atoms with van der Waals surface area (Å²) < 4.78 is 5.29. The van der Waals surface area contributed by atoms with Gasteiger partial charge in [0.15, 0.2) is 0 Å². The average molecular weight is 433 g/mol. The summed E-state index contributed by atoms with van der Waals surface area (Å²) in [7, 11) is 0. The lowest BCUT2D eigenvalue weighted by Crippen LogP contribution is -2.54. The van der Waals surface area contributed by atoms with Gasteiger partial charge in [-0.05, 0) is 29.5 Å². The third-order valence-electron chi connectivity index (χ3n) is 5.05. The lowest BCUT2D eigenvalue weighted by atomic mass is 10.0. The molecule has 3 aromatic rings. The third-order valence-corrected chi connectivity index (χ3v) is 5.05. The molecule has 0 spiro atoms. The second-order valence-corrected chi connectivity index (χ2v) is 7.45. The molecule has 0 aliphatic rings. The molecule has 0 saturated heterocycles. The van der Waals surface area contributed by atoms with Crippen molar-refractivity contribution in [3.8, 4) is 0 Å². The fourth-order valence-electron chi connectivity index (χ4n) is 3.35. The van der Waals surface area contributed by atoms with Crippen molar-refractivity contribution in [1.29, 1.82) is 0 Å². The Labute approximate surface area is 188 Å². The van der Waals surface area contributed by atoms with Crippen LogP contribution in [0.15, 0.2) is 91.0 Å². The summed E-state index contributed by atoms with van der Waals surface area (Å²) in [6, 6.07) is 27.9. The normalized spacial score (nSPS) is 11.4. The van der Waals surface area contributed by atoms with Gasteiger partial charge < -0.3 is 9.84 Å². The number of aryl methyl sites for hydroxylation is 1. The molecule has 6 heteroatoms. The smallest absolute Gasteiger partial charge is 0.426 e. The Hall–Kier alpha value is -3.64. The summed E-state index contributed by atoms with van der Waals surface area (Å²) >= 11 is 0. The van der Waals surface area contributed by atoms with Crippen LogP contribution < -0.4 is 5.43 Å². The van der Waals surface area contributed by atoms with Crippen molar-refractivity contribution in [2.45, 2.75) is 31.9 Å². The van der Waals surface area contributed by atoms with E-state index in [0.717, 1.165) is 16.7 Å². The van der Waals surface area contributed by atoms with Gasteiger partial charge in [0, 0.05) is 6.42 Å². The molecule has 0 aromatic heterocycles. The topological polar surface area (TPSA) is 78.9 Å². The lowest BCUT2D eigenvalue weighted by Gasteiger charge is -2.30. The van der Waals surface area contributed by atoms with Crippen LogP contribution in [0.2, 0.25) is 0 Å². The number of benzene rings is 3. The zero-order chi connectivity index (χ0) is 22.6. The van der Waals surface area contributed by atoms with Gasteiger partial charge in [-0.3, -0.25) is 4.79 Å². The number of nitrogens with zero attached hydrogens (tertiary/aromatic N) is 1. The first-order chi connectivity index (χ1) is 15.7. The summed E-state index contributed by atoms with van der Waals surface area (Å²) in [6.45, 7) is -0.216. The van der Waals surface area contributed by atoms with Crippen LogP contribution in [0.3, 0.4) is 0 Å². The van der Waals surface area contributed by atoms with Crippen LogP contribution in [-0.4, -0.2) is 34.8 Å². The largest absolute Gasteiger partial charge is 0.443 e. The monoisotopic (exact) mass is 432 g/mol. The number of hydrazine groups is 1. The van der Waals surface area contributed by atoms with Crippen LogP contribution in [-0.2, 0) is 29.0 Å². The number of hydrogen-bond acceptors (Lipinski definition) is 4. The summed E-state index contributed by atoms with van der Waals surface area (Å²) in [5.41, 5.74) is 5.37. The minimum absolute atomic E-state index is 0.0845. The maximum atomic E-state index is 13.1. The Morgan fingerprint density at radius 2 is 1.34 bits per heavy atom. The van der Waals surface area contributed by atoms with Gasteiger partial charge in [0.05, 0.1) is 12.6 Å². The zero-order valence-corrected chi connectivity index (χ0v) is 17.9. The van der Waals surface area contributed by atoms with Crippen LogP contribution in [0.25, 0.3) is 0 Å². The molecule has 3 aromatic carbocycles. The van der Waals surface area contributed by atoms with Gasteiger partial charge in [-0.25, -0.2) is 15.2 Å². The molecule has 0 fully saturated rings. The molecule has 2 N–H and O–H groups in total. The minimum Gasteiger partial charge on any atom is -0.443 e. The van der Waals surface area contributed by atoms with Crippen LogP contribution in [0.1, 0.15) is 23.1 Å². The van der Waals surface area contributed by atoms with E-state index in [2.05, 4.69) is 5.43 Å². The van der Waals surface area contributed by atoms with Crippen LogP contribution >= 0.6 is 0 Å². The molecule has 166 valence electrons. The molecule has 6 nitrogen and oxygen atoms in total. The van der Waals surface area contributed by atoms with E-state index in [4.69, 9.17) is 4.74 Å². The number of hydrogen-bond donors (Lipinski definition) is 2. The number of ether oxygens (including phenoxy) is 1. The Morgan fingerprint density at radius 1 is 0.812 bits per heavy atom. The highest BCUT2D eigenvalue weighted by Gasteiger charge is 2.26. The van der Waals surface area contributed by atoms with Crippen LogP contribution in [0.5, 0.6) is 0 Å². The number of carbonyl (C=O) groups is 2. The van der Waals surface area contributed by atoms with Gasteiger partial charge in [-0.15, -0.1) is 0 Å². The van der Waals surface area contributed by atoms with Crippen molar-refractivity contribution in [2.24, 2.45) is 0 Å². The van der Waals surface area contributed by atoms with E-state index in [1.54, 1.807) is 0 Å². The predicted molar refractivity (Wildman–Crippen MR) is 122 cm³/mol. The average Bonchev–Trinajstić information content (AvgIpc) is 2.85. The predicted octanol–water partition coefficient (Wildman–Crippen LogP) is 3.89. The van der Waals surface area contributed by atoms with Crippen molar-refractivity contribution in [2.75, 3.05) is 6.61 Å². The van der Waals surface area contributed by atoms with E-state index < -0.39 is 12.1 Å². The van der Waals surface area contributed by atoms with Crippen molar-refractivity contribution in [3.05, 3.63) is 108 Å². The van der Waals surface area contributed by atoms with Gasteiger partial charge in [0.1, 0.15) is 6.61 Å². The van der Waals surface area contributed by atoms with E-state index in [-0.39, 0.29) is 25.5 Å². The molecular weight excluding hydrogens is 404 g/mol. The minimum atomic E-state index is -0.742. The molecule has 0 radical (unpaired) electrons. The first kappa shape index (κ1) is 23.0. The van der Waals surface area contributed by atoms with E-state index >= 15 is 0 Å². The van der Waals surface area contributed by atoms with Crippen molar-refractivity contribution >= 4 is 12.0 Å². The molecular formula is C26H28N2O4. The molecule has 0 aliphatic heterocycles. The lowest BCUT2D eigenvalue weighted by molar-refractivity contribution is -0.138. The Bertz CT molecular complexity index is 965. The van der Waals surface area contributed by atoms with E-state index in [1.807, 2.05) is 91.0 Å². The molecule has 32 heavy (non-hydrogen) atoms. The van der Waals surface area contributed by atoms with Gasteiger partial charge >= 0.3 is 6.09 Å². The highest BCUT2D eigenvalue weighted by atomic mass is 16.6. The number of aliphatic hydroxyl groups excluding tert-OH is 1. The SMILES string of the molecule is O=C(NN(C(=O)CCc1ccccc1)[C@H](CO)Cc1ccccc1)OCc1ccccc1. The summed E-state index contributed by atoms with van der Waals surface area (Å²) in [6.07, 6.45) is 0.371. The third kappa shape index (κ3) is 7.25. The van der Waals surface area contributed by atoms with Crippen molar-refractivity contribution in [1.82, 2.24) is 10.4 Å². The van der Waals surface area contributed by atoms with Gasteiger partial charge in [-0.1, -0.05) is 91.0 Å². The van der Waals surface area contributed by atoms with Crippen molar-refractivity contribution < 1.29 is 19.4 Å². The van der Waals surface area contributed by atoms with Gasteiger partial charge in [-0.2, -0.15) is 0 Å². The number of aliphatic hydroxyl groups is 1. The number of nitrogens with one attached hydrogen (secondary N) is 1. The van der Waals surface area contributed by atoms with Crippen molar-refractivity contribution in [3.63, 3.8) is 0 Å². The second kappa shape index (κ2) is 12.3. The van der Waals surface area contributed by atoms with Crippen LogP contribution in [0.4, 0.5) is 4.79 Å². The summed E-state index contributed by atoms with van der Waals surface area (Å²) in [4.78, 5) is 25.5. The maximum Gasteiger partial charge on any atom is 0.426 e. The summed E-state index contributed by atoms with van der Waals surface area (Å²) in [5, 5.41) is 11.2. The Kier molecular flexibility index (Phi) is 8.83. The Balaban J connectivity index is 1.68. The summed E-state index contributed by atoms with van der Waals surface area (Å²) in [5.74, 6) is -0.291. The fraction of sp³-hybridized carbons (Fsp3) is 0.231. The molecule has 2 amide bonds. The molecule has 0 bridgehead atoms. The maximum absolute atomic E-state index is 13.1. The highest BCUT2D eigenvalue weighted by molar-refractivity contribution is 5.80. The second-order valence-electron chi connectivity index (χ2n) is 7.45. The number of carbonyl (C=O) groups excluding carboxylic acids is 2. The first-order valence-electron chi connectivity index (χ1n) is 10.6. The molecule has 0 heterocycles. The fourth-order valence-corrected chi connectivity index (χ4v) is 3.35. The quantitative estimate of drug-likeness (QED) is 0.503. The first-order valence-corrected chi connectivity index (χ1v) is 10.6. The van der Waals surface area contributed by atoms with Crippen LogP contribution in [0, 0.1) is 0 Å². The highest BCUT2D eigenvalue weighted by Crippen LogP contribution is 2.12. The van der Waals surface area contributed by atoms with Gasteiger partial charge in [0.25, 0.3) is 0 Å². The molecule has 0 unspecified atom stereocenters. The number of amides is 2.